The molecular weight excluding hydrogens is 162 g/mol. The number of rotatable bonds is 4. The molecule has 0 aromatic rings. The van der Waals surface area contributed by atoms with Crippen molar-refractivity contribution < 1.29 is 4.79 Å². The van der Waals surface area contributed by atoms with E-state index in [9.17, 15) is 4.79 Å². The fourth-order valence-corrected chi connectivity index (χ4v) is 1.91. The molecule has 13 heavy (non-hydrogen) atoms. The molecule has 1 aliphatic heterocycles. The minimum atomic E-state index is 0.209. The summed E-state index contributed by atoms with van der Waals surface area (Å²) in [5.41, 5.74) is 0.209. The maximum atomic E-state index is 11.6. The van der Waals surface area contributed by atoms with E-state index in [1.54, 1.807) is 0 Å². The molecule has 0 spiro atoms. The summed E-state index contributed by atoms with van der Waals surface area (Å²) in [6.07, 6.45) is 3.03. The monoisotopic (exact) mass is 183 g/mol. The fraction of sp³-hybridized carbons (Fsp3) is 0.909. The molecule has 1 amide bonds. The molecule has 0 aliphatic carbocycles. The summed E-state index contributed by atoms with van der Waals surface area (Å²) in [6, 6.07) is 0. The van der Waals surface area contributed by atoms with Crippen molar-refractivity contribution in [3.8, 4) is 0 Å². The number of hydrogen-bond donors (Lipinski definition) is 0. The molecule has 1 heterocycles. The largest absolute Gasteiger partial charge is 0.333 e. The van der Waals surface area contributed by atoms with Crippen LogP contribution in [0.15, 0.2) is 0 Å². The zero-order chi connectivity index (χ0) is 10.1. The van der Waals surface area contributed by atoms with Crippen LogP contribution in [0.5, 0.6) is 0 Å². The van der Waals surface area contributed by atoms with Crippen molar-refractivity contribution in [2.45, 2.75) is 52.5 Å². The molecule has 1 saturated heterocycles. The van der Waals surface area contributed by atoms with Gasteiger partial charge in [0.15, 0.2) is 0 Å². The van der Waals surface area contributed by atoms with E-state index in [0.29, 0.717) is 18.2 Å². The number of amides is 1. The lowest BCUT2D eigenvalue weighted by atomic mass is 10.1. The molecule has 0 aromatic carbocycles. The van der Waals surface area contributed by atoms with Gasteiger partial charge < -0.3 is 4.90 Å². The van der Waals surface area contributed by atoms with E-state index in [1.165, 1.54) is 6.42 Å². The lowest BCUT2D eigenvalue weighted by Gasteiger charge is -2.12. The summed E-state index contributed by atoms with van der Waals surface area (Å²) in [4.78, 5) is 13.7. The molecule has 0 saturated carbocycles. The van der Waals surface area contributed by atoms with Gasteiger partial charge in [-0.05, 0) is 19.3 Å². The van der Waals surface area contributed by atoms with E-state index >= 15 is 0 Å². The van der Waals surface area contributed by atoms with Gasteiger partial charge in [0, 0.05) is 13.0 Å². The van der Waals surface area contributed by atoms with Gasteiger partial charge in [-0.2, -0.15) is 0 Å². The maximum Gasteiger partial charge on any atom is 0.223 e. The van der Waals surface area contributed by atoms with Crippen molar-refractivity contribution in [1.29, 1.82) is 0 Å². The zero-order valence-electron chi connectivity index (χ0n) is 9.26. The van der Waals surface area contributed by atoms with Gasteiger partial charge in [-0.15, -0.1) is 0 Å². The molecule has 0 aromatic heterocycles. The van der Waals surface area contributed by atoms with Crippen molar-refractivity contribution in [3.05, 3.63) is 0 Å². The van der Waals surface area contributed by atoms with Gasteiger partial charge in [0.1, 0.15) is 0 Å². The molecule has 0 bridgehead atoms. The van der Waals surface area contributed by atoms with Crippen molar-refractivity contribution in [2.24, 2.45) is 5.92 Å². The Morgan fingerprint density at radius 3 is 2.62 bits per heavy atom. The summed E-state index contributed by atoms with van der Waals surface area (Å²) in [6.45, 7) is 9.53. The van der Waals surface area contributed by atoms with E-state index in [0.717, 1.165) is 13.0 Å². The Labute approximate surface area is 81.3 Å². The molecule has 2 nitrogen and oxygen atoms in total. The Hall–Kier alpha value is -0.530. The van der Waals surface area contributed by atoms with Crippen LogP contribution in [0.4, 0.5) is 0 Å². The van der Waals surface area contributed by atoms with Crippen LogP contribution in [0.25, 0.3) is 0 Å². The predicted octanol–water partition coefficient (Wildman–Crippen LogP) is 2.43. The molecule has 1 atom stereocenters. The standard InChI is InChI=1S/C11H21NO/c1-5-6-11(4)8-12(11)10(13)7-9(2)3/h9H,5-8H2,1-4H3. The van der Waals surface area contributed by atoms with Crippen LogP contribution >= 0.6 is 0 Å². The number of carbonyl (C=O) groups is 1. The highest BCUT2D eigenvalue weighted by atomic mass is 16.2. The normalized spacial score (nSPS) is 26.7. The first kappa shape index (κ1) is 10.6. The summed E-state index contributed by atoms with van der Waals surface area (Å²) < 4.78 is 0. The molecule has 1 fully saturated rings. The summed E-state index contributed by atoms with van der Waals surface area (Å²) in [7, 11) is 0. The molecule has 1 rings (SSSR count). The Morgan fingerprint density at radius 2 is 2.15 bits per heavy atom. The Morgan fingerprint density at radius 1 is 1.54 bits per heavy atom. The van der Waals surface area contributed by atoms with Gasteiger partial charge in [-0.1, -0.05) is 27.2 Å². The lowest BCUT2D eigenvalue weighted by Crippen LogP contribution is -2.21. The topological polar surface area (TPSA) is 20.1 Å². The van der Waals surface area contributed by atoms with Crippen LogP contribution in [-0.4, -0.2) is 22.9 Å². The third-order valence-electron chi connectivity index (χ3n) is 2.72. The number of nitrogens with zero attached hydrogens (tertiary/aromatic N) is 1. The van der Waals surface area contributed by atoms with Gasteiger partial charge in [-0.3, -0.25) is 4.79 Å². The average Bonchev–Trinajstić information content (AvgIpc) is 2.61. The average molecular weight is 183 g/mol. The molecule has 1 unspecified atom stereocenters. The smallest absolute Gasteiger partial charge is 0.223 e. The van der Waals surface area contributed by atoms with Crippen LogP contribution in [0, 0.1) is 5.92 Å². The first-order valence-corrected chi connectivity index (χ1v) is 5.30. The van der Waals surface area contributed by atoms with Gasteiger partial charge in [-0.25, -0.2) is 0 Å². The zero-order valence-corrected chi connectivity index (χ0v) is 9.26. The second kappa shape index (κ2) is 3.69. The summed E-state index contributed by atoms with van der Waals surface area (Å²) in [5, 5.41) is 0. The highest BCUT2D eigenvalue weighted by Gasteiger charge is 2.49. The molecular formula is C11H21NO. The second-order valence-corrected chi connectivity index (χ2v) is 4.82. The molecule has 0 N–H and O–H groups in total. The molecule has 2 heteroatoms. The van der Waals surface area contributed by atoms with Gasteiger partial charge in [0.25, 0.3) is 0 Å². The highest BCUT2D eigenvalue weighted by Crippen LogP contribution is 2.37. The second-order valence-electron chi connectivity index (χ2n) is 4.82. The Balaban J connectivity index is 2.36. The third-order valence-corrected chi connectivity index (χ3v) is 2.72. The third kappa shape index (κ3) is 2.45. The highest BCUT2D eigenvalue weighted by molar-refractivity contribution is 5.80. The van der Waals surface area contributed by atoms with Crippen molar-refractivity contribution >= 4 is 5.91 Å². The number of carbonyl (C=O) groups excluding carboxylic acids is 1. The minimum absolute atomic E-state index is 0.209. The van der Waals surface area contributed by atoms with Crippen LogP contribution in [0.3, 0.4) is 0 Å². The van der Waals surface area contributed by atoms with Gasteiger partial charge in [0.2, 0.25) is 5.91 Å². The molecule has 0 radical (unpaired) electrons. The SMILES string of the molecule is CCCC1(C)CN1C(=O)CC(C)C. The van der Waals surface area contributed by atoms with E-state index in [1.807, 2.05) is 4.90 Å². The summed E-state index contributed by atoms with van der Waals surface area (Å²) >= 11 is 0. The van der Waals surface area contributed by atoms with Crippen molar-refractivity contribution in [1.82, 2.24) is 4.90 Å². The predicted molar refractivity (Wildman–Crippen MR) is 54.5 cm³/mol. The Bertz CT molecular complexity index is 200. The maximum absolute atomic E-state index is 11.6. The van der Waals surface area contributed by atoms with Crippen LogP contribution < -0.4 is 0 Å². The van der Waals surface area contributed by atoms with Gasteiger partial charge in [0.05, 0.1) is 5.54 Å². The lowest BCUT2D eigenvalue weighted by molar-refractivity contribution is -0.127. The first-order valence-electron chi connectivity index (χ1n) is 5.30. The fourth-order valence-electron chi connectivity index (χ4n) is 1.91. The number of hydrogen-bond acceptors (Lipinski definition) is 1. The van der Waals surface area contributed by atoms with E-state index in [2.05, 4.69) is 27.7 Å². The van der Waals surface area contributed by atoms with Crippen LogP contribution in [0.2, 0.25) is 0 Å². The molecule has 76 valence electrons. The van der Waals surface area contributed by atoms with Crippen LogP contribution in [0.1, 0.15) is 47.0 Å². The quantitative estimate of drug-likeness (QED) is 0.613. The minimum Gasteiger partial charge on any atom is -0.333 e. The first-order chi connectivity index (χ1) is 5.99. The van der Waals surface area contributed by atoms with E-state index in [4.69, 9.17) is 0 Å². The Kier molecular flexibility index (Phi) is 2.99. The van der Waals surface area contributed by atoms with E-state index < -0.39 is 0 Å². The summed E-state index contributed by atoms with van der Waals surface area (Å²) in [5.74, 6) is 0.824. The van der Waals surface area contributed by atoms with Gasteiger partial charge >= 0.3 is 0 Å². The molecule has 1 aliphatic rings. The van der Waals surface area contributed by atoms with E-state index in [-0.39, 0.29) is 5.54 Å². The van der Waals surface area contributed by atoms with Crippen LogP contribution in [-0.2, 0) is 4.79 Å². The van der Waals surface area contributed by atoms with Crippen molar-refractivity contribution in [2.75, 3.05) is 6.54 Å². The van der Waals surface area contributed by atoms with Crippen molar-refractivity contribution in [3.63, 3.8) is 0 Å².